The van der Waals surface area contributed by atoms with Crippen LogP contribution in [0.5, 0.6) is 5.75 Å². The summed E-state index contributed by atoms with van der Waals surface area (Å²) in [5.41, 5.74) is 0.488. The van der Waals surface area contributed by atoms with E-state index in [1.54, 1.807) is 24.3 Å². The molecule has 0 aliphatic heterocycles. The number of rotatable bonds is 10. The molecule has 0 aromatic heterocycles. The first-order valence-electron chi connectivity index (χ1n) is 8.19. The first-order chi connectivity index (χ1) is 11.3. The second-order valence-electron chi connectivity index (χ2n) is 5.87. The van der Waals surface area contributed by atoms with Gasteiger partial charge in [-0.1, -0.05) is 25.5 Å². The van der Waals surface area contributed by atoms with Gasteiger partial charge in [-0.15, -0.1) is 0 Å². The van der Waals surface area contributed by atoms with E-state index in [9.17, 15) is 13.2 Å². The van der Waals surface area contributed by atoms with Crippen LogP contribution >= 0.6 is 0 Å². The number of ether oxygens (including phenoxy) is 1. The molecule has 1 aromatic carbocycles. The number of sulfonamides is 1. The average Bonchev–Trinajstić information content (AvgIpc) is 2.50. The zero-order valence-corrected chi connectivity index (χ0v) is 15.7. The monoisotopic (exact) mass is 356 g/mol. The fraction of sp³-hybridized carbons (Fsp3) is 0.588. The number of anilines is 1. The number of para-hydroxylation sites is 2. The average molecular weight is 356 g/mol. The highest BCUT2D eigenvalue weighted by molar-refractivity contribution is 7.92. The molecule has 7 heteroatoms. The van der Waals surface area contributed by atoms with Crippen molar-refractivity contribution < 1.29 is 17.9 Å². The Labute approximate surface area is 145 Å². The molecule has 1 unspecified atom stereocenters. The molecular weight excluding hydrogens is 328 g/mol. The summed E-state index contributed by atoms with van der Waals surface area (Å²) in [7, 11) is -1.96. The number of carbonyl (C=O) groups excluding carboxylic acids is 1. The van der Waals surface area contributed by atoms with Gasteiger partial charge in [-0.3, -0.25) is 9.10 Å². The van der Waals surface area contributed by atoms with Gasteiger partial charge in [-0.05, 0) is 31.9 Å². The topological polar surface area (TPSA) is 75.7 Å². The molecule has 0 spiro atoms. The molecule has 1 amide bonds. The van der Waals surface area contributed by atoms with Gasteiger partial charge in [-0.2, -0.15) is 0 Å². The Bertz CT molecular complexity index is 631. The molecule has 0 saturated carbocycles. The molecule has 1 N–H and O–H groups in total. The van der Waals surface area contributed by atoms with Crippen LogP contribution in [0.2, 0.25) is 0 Å². The van der Waals surface area contributed by atoms with E-state index in [0.29, 0.717) is 17.9 Å². The van der Waals surface area contributed by atoms with Crippen molar-refractivity contribution in [2.45, 2.75) is 45.6 Å². The van der Waals surface area contributed by atoms with Gasteiger partial charge in [0, 0.05) is 19.0 Å². The number of hydrogen-bond donors (Lipinski definition) is 1. The molecule has 1 rings (SSSR count). The van der Waals surface area contributed by atoms with E-state index in [4.69, 9.17) is 4.74 Å². The Hall–Kier alpha value is -1.76. The third kappa shape index (κ3) is 6.39. The molecule has 1 aromatic rings. The molecule has 0 radical (unpaired) electrons. The lowest BCUT2D eigenvalue weighted by atomic mass is 10.2. The largest absolute Gasteiger partial charge is 0.495 e. The van der Waals surface area contributed by atoms with Crippen molar-refractivity contribution in [1.29, 1.82) is 0 Å². The van der Waals surface area contributed by atoms with Crippen LogP contribution in [0.1, 0.15) is 39.5 Å². The quantitative estimate of drug-likeness (QED) is 0.699. The Morgan fingerprint density at radius 3 is 2.58 bits per heavy atom. The van der Waals surface area contributed by atoms with E-state index in [2.05, 4.69) is 12.2 Å². The minimum absolute atomic E-state index is 0.0515. The molecule has 0 saturated heterocycles. The number of hydrogen-bond acceptors (Lipinski definition) is 4. The van der Waals surface area contributed by atoms with Gasteiger partial charge >= 0.3 is 0 Å². The lowest BCUT2D eigenvalue weighted by Gasteiger charge is -2.24. The van der Waals surface area contributed by atoms with E-state index < -0.39 is 10.0 Å². The van der Waals surface area contributed by atoms with E-state index in [0.717, 1.165) is 19.1 Å². The molecule has 0 aliphatic rings. The van der Waals surface area contributed by atoms with Crippen LogP contribution in [0.25, 0.3) is 0 Å². The fourth-order valence-corrected chi connectivity index (χ4v) is 3.51. The molecule has 0 fully saturated rings. The van der Waals surface area contributed by atoms with Crippen molar-refractivity contribution in [1.82, 2.24) is 5.32 Å². The number of amides is 1. The summed E-state index contributed by atoms with van der Waals surface area (Å²) < 4.78 is 30.7. The molecule has 1 atom stereocenters. The highest BCUT2D eigenvalue weighted by Gasteiger charge is 2.20. The van der Waals surface area contributed by atoms with Gasteiger partial charge in [0.2, 0.25) is 15.9 Å². The molecule has 0 heterocycles. The normalized spacial score (nSPS) is 12.5. The maximum absolute atomic E-state index is 12.1. The smallest absolute Gasteiger partial charge is 0.232 e. The summed E-state index contributed by atoms with van der Waals surface area (Å²) in [6.45, 7) is 4.27. The zero-order valence-electron chi connectivity index (χ0n) is 14.9. The van der Waals surface area contributed by atoms with Crippen molar-refractivity contribution in [3.05, 3.63) is 24.3 Å². The van der Waals surface area contributed by atoms with E-state index >= 15 is 0 Å². The van der Waals surface area contributed by atoms with Crippen molar-refractivity contribution in [2.75, 3.05) is 24.2 Å². The SMILES string of the molecule is CCCC(C)NC(=O)CCCN(c1ccccc1OC)S(C)(=O)=O. The van der Waals surface area contributed by atoms with Crippen LogP contribution in [-0.2, 0) is 14.8 Å². The van der Waals surface area contributed by atoms with Crippen LogP contribution in [-0.4, -0.2) is 40.3 Å². The van der Waals surface area contributed by atoms with Crippen LogP contribution in [0, 0.1) is 0 Å². The minimum Gasteiger partial charge on any atom is -0.495 e. The lowest BCUT2D eigenvalue weighted by molar-refractivity contribution is -0.121. The highest BCUT2D eigenvalue weighted by atomic mass is 32.2. The van der Waals surface area contributed by atoms with E-state index in [-0.39, 0.29) is 24.9 Å². The van der Waals surface area contributed by atoms with Gasteiger partial charge in [0.1, 0.15) is 5.75 Å². The first-order valence-corrected chi connectivity index (χ1v) is 10.0. The summed E-state index contributed by atoms with van der Waals surface area (Å²) in [5, 5.41) is 2.92. The predicted octanol–water partition coefficient (Wildman–Crippen LogP) is 2.55. The highest BCUT2D eigenvalue weighted by Crippen LogP contribution is 2.29. The minimum atomic E-state index is -3.46. The lowest BCUT2D eigenvalue weighted by Crippen LogP contribution is -2.34. The summed E-state index contributed by atoms with van der Waals surface area (Å²) in [5.74, 6) is 0.438. The third-order valence-electron chi connectivity index (χ3n) is 3.65. The second kappa shape index (κ2) is 9.52. The Morgan fingerprint density at radius 2 is 2.00 bits per heavy atom. The third-order valence-corrected chi connectivity index (χ3v) is 4.83. The van der Waals surface area contributed by atoms with Gasteiger partial charge < -0.3 is 10.1 Å². The number of carbonyl (C=O) groups is 1. The molecular formula is C17H28N2O4S. The van der Waals surface area contributed by atoms with Crippen LogP contribution in [0.4, 0.5) is 5.69 Å². The second-order valence-corrected chi connectivity index (χ2v) is 7.77. The number of benzene rings is 1. The van der Waals surface area contributed by atoms with Crippen LogP contribution in [0.15, 0.2) is 24.3 Å². The summed E-state index contributed by atoms with van der Waals surface area (Å²) in [6.07, 6.45) is 3.83. The molecule has 0 aliphatic carbocycles. The summed E-state index contributed by atoms with van der Waals surface area (Å²) in [4.78, 5) is 11.9. The summed E-state index contributed by atoms with van der Waals surface area (Å²) in [6, 6.07) is 7.10. The maximum atomic E-state index is 12.1. The molecule has 0 bridgehead atoms. The molecule has 6 nitrogen and oxygen atoms in total. The Kier molecular flexibility index (Phi) is 8.04. The predicted molar refractivity (Wildman–Crippen MR) is 96.9 cm³/mol. The van der Waals surface area contributed by atoms with Gasteiger partial charge in [0.25, 0.3) is 0 Å². The van der Waals surface area contributed by atoms with Gasteiger partial charge in [0.05, 0.1) is 19.1 Å². The maximum Gasteiger partial charge on any atom is 0.232 e. The number of nitrogens with one attached hydrogen (secondary N) is 1. The van der Waals surface area contributed by atoms with Crippen molar-refractivity contribution >= 4 is 21.6 Å². The summed E-state index contributed by atoms with van der Waals surface area (Å²) >= 11 is 0. The fourth-order valence-electron chi connectivity index (χ4n) is 2.54. The van der Waals surface area contributed by atoms with Gasteiger partial charge in [-0.25, -0.2) is 8.42 Å². The first kappa shape index (κ1) is 20.3. The van der Waals surface area contributed by atoms with E-state index in [1.807, 2.05) is 6.92 Å². The van der Waals surface area contributed by atoms with Crippen molar-refractivity contribution in [3.63, 3.8) is 0 Å². The van der Waals surface area contributed by atoms with Crippen molar-refractivity contribution in [3.8, 4) is 5.75 Å². The van der Waals surface area contributed by atoms with Gasteiger partial charge in [0.15, 0.2) is 0 Å². The van der Waals surface area contributed by atoms with E-state index in [1.165, 1.54) is 11.4 Å². The van der Waals surface area contributed by atoms with Crippen LogP contribution in [0.3, 0.4) is 0 Å². The molecule has 24 heavy (non-hydrogen) atoms. The number of nitrogens with zero attached hydrogens (tertiary/aromatic N) is 1. The Balaban J connectivity index is 2.71. The van der Waals surface area contributed by atoms with Crippen LogP contribution < -0.4 is 14.4 Å². The van der Waals surface area contributed by atoms with Crippen molar-refractivity contribution in [2.24, 2.45) is 0 Å². The standard InChI is InChI=1S/C17H28N2O4S/c1-5-9-14(2)18-17(20)12-8-13-19(24(4,21)22)15-10-6-7-11-16(15)23-3/h6-7,10-11,14H,5,8-9,12-13H2,1-4H3,(H,18,20). The molecule has 136 valence electrons. The number of methoxy groups -OCH3 is 1. The zero-order chi connectivity index (χ0) is 18.2. The Morgan fingerprint density at radius 1 is 1.33 bits per heavy atom.